The zero-order valence-corrected chi connectivity index (χ0v) is 22.5. The molecular formula is C22H27Cl3N4O3S2. The van der Waals surface area contributed by atoms with Crippen LogP contribution in [0.25, 0.3) is 10.2 Å². The Bertz CT molecular complexity index is 1310. The number of carbonyl (C=O) groups is 1. The molecule has 2 N–H and O–H groups in total. The van der Waals surface area contributed by atoms with Crippen molar-refractivity contribution in [2.45, 2.75) is 24.3 Å². The summed E-state index contributed by atoms with van der Waals surface area (Å²) in [6, 6.07) is 11.7. The Morgan fingerprint density at radius 1 is 1.15 bits per heavy atom. The van der Waals surface area contributed by atoms with Gasteiger partial charge >= 0.3 is 0 Å². The van der Waals surface area contributed by atoms with Gasteiger partial charge in [0.1, 0.15) is 0 Å². The van der Waals surface area contributed by atoms with Crippen molar-refractivity contribution in [1.82, 2.24) is 9.47 Å². The second-order valence-electron chi connectivity index (χ2n) is 8.04. The normalized spacial score (nSPS) is 15.7. The smallest absolute Gasteiger partial charge is 0.238 e. The van der Waals surface area contributed by atoms with E-state index >= 15 is 0 Å². The molecule has 12 heteroatoms. The number of carbonyl (C=O) groups excluding carboxylic acids is 1. The molecule has 0 atom stereocenters. The Morgan fingerprint density at radius 3 is 2.38 bits per heavy atom. The van der Waals surface area contributed by atoms with Gasteiger partial charge in [-0.05, 0) is 62.2 Å². The first-order chi connectivity index (χ1) is 15.2. The highest BCUT2D eigenvalue weighted by molar-refractivity contribution is 7.89. The lowest BCUT2D eigenvalue weighted by Gasteiger charge is -2.31. The highest BCUT2D eigenvalue weighted by Gasteiger charge is 2.23. The van der Waals surface area contributed by atoms with Gasteiger partial charge in [-0.15, -0.1) is 24.8 Å². The average molecular weight is 566 g/mol. The number of fused-ring (bicyclic) bond motifs is 1. The Balaban J connectivity index is 0.00000204. The van der Waals surface area contributed by atoms with E-state index in [1.165, 1.54) is 24.3 Å². The third-order valence-corrected chi connectivity index (χ3v) is 8.15. The predicted molar refractivity (Wildman–Crippen MR) is 142 cm³/mol. The quantitative estimate of drug-likeness (QED) is 0.457. The van der Waals surface area contributed by atoms with Gasteiger partial charge < -0.3 is 4.57 Å². The Morgan fingerprint density at radius 2 is 1.79 bits per heavy atom. The van der Waals surface area contributed by atoms with Crippen LogP contribution in [-0.2, 0) is 16.6 Å². The minimum Gasteiger partial charge on any atom is -0.316 e. The average Bonchev–Trinajstić information content (AvgIpc) is 3.11. The van der Waals surface area contributed by atoms with Crippen LogP contribution in [0.4, 0.5) is 0 Å². The number of ketones is 1. The summed E-state index contributed by atoms with van der Waals surface area (Å²) in [7, 11) is -1.95. The van der Waals surface area contributed by atoms with Gasteiger partial charge in [0.25, 0.3) is 0 Å². The maximum Gasteiger partial charge on any atom is 0.238 e. The van der Waals surface area contributed by atoms with Crippen molar-refractivity contribution < 1.29 is 13.2 Å². The maximum absolute atomic E-state index is 12.6. The first kappa shape index (κ1) is 28.8. The molecule has 7 nitrogen and oxygen atoms in total. The maximum atomic E-state index is 12.6. The molecule has 0 amide bonds. The predicted octanol–water partition coefficient (Wildman–Crippen LogP) is 3.97. The van der Waals surface area contributed by atoms with Crippen LogP contribution in [0.2, 0.25) is 5.02 Å². The van der Waals surface area contributed by atoms with Gasteiger partial charge in [0.05, 0.1) is 21.7 Å². The number of nitrogens with zero attached hydrogens (tertiary/aromatic N) is 3. The Kier molecular flexibility index (Phi) is 10.1. The van der Waals surface area contributed by atoms with Gasteiger partial charge in [-0.25, -0.2) is 13.6 Å². The van der Waals surface area contributed by atoms with Gasteiger partial charge in [0, 0.05) is 24.2 Å². The van der Waals surface area contributed by atoms with Crippen molar-refractivity contribution >= 4 is 73.8 Å². The minimum atomic E-state index is -3.76. The second kappa shape index (κ2) is 12.0. The number of halogens is 3. The molecule has 0 radical (unpaired) electrons. The Hall–Kier alpha value is -1.46. The number of piperidine rings is 1. The van der Waals surface area contributed by atoms with E-state index in [0.717, 1.165) is 52.5 Å². The molecular weight excluding hydrogens is 539 g/mol. The number of benzene rings is 2. The van der Waals surface area contributed by atoms with Crippen LogP contribution in [0.15, 0.2) is 52.4 Å². The molecule has 1 aliphatic heterocycles. The van der Waals surface area contributed by atoms with E-state index in [4.69, 9.17) is 16.7 Å². The monoisotopic (exact) mass is 564 g/mol. The summed E-state index contributed by atoms with van der Waals surface area (Å²) >= 11 is 7.79. The molecule has 186 valence electrons. The standard InChI is InChI=1S/C22H25ClN4O3S2.2ClH/c1-25-22-27(19-7-4-17(23)12-21(19)31-22)13-15-8-10-26(11-9-15)14-20(28)16-2-5-18(6-3-16)32(24,29)30;;/h2-7,12,15H,8-11,13-14H2,1H3,(H2,24,29,30);2*1H. The Labute approximate surface area is 220 Å². The van der Waals surface area contributed by atoms with E-state index in [9.17, 15) is 13.2 Å². The highest BCUT2D eigenvalue weighted by Crippen LogP contribution is 2.25. The zero-order chi connectivity index (χ0) is 22.9. The van der Waals surface area contributed by atoms with Crippen LogP contribution < -0.4 is 9.94 Å². The molecule has 4 rings (SSSR count). The summed E-state index contributed by atoms with van der Waals surface area (Å²) in [6.07, 6.45) is 2.00. The van der Waals surface area contributed by atoms with Gasteiger partial charge in [-0.1, -0.05) is 35.1 Å². The zero-order valence-electron chi connectivity index (χ0n) is 18.5. The van der Waals surface area contributed by atoms with E-state index in [2.05, 4.69) is 20.5 Å². The summed E-state index contributed by atoms with van der Waals surface area (Å²) in [5, 5.41) is 5.84. The fourth-order valence-electron chi connectivity index (χ4n) is 4.10. The number of nitrogens with two attached hydrogens (primary N) is 1. The van der Waals surface area contributed by atoms with Crippen LogP contribution in [0.5, 0.6) is 0 Å². The summed E-state index contributed by atoms with van der Waals surface area (Å²) in [6.45, 7) is 2.91. The molecule has 34 heavy (non-hydrogen) atoms. The molecule has 0 saturated carbocycles. The van der Waals surface area contributed by atoms with Crippen molar-refractivity contribution in [2.75, 3.05) is 26.7 Å². The summed E-state index contributed by atoms with van der Waals surface area (Å²) in [5.74, 6) is 0.487. The van der Waals surface area contributed by atoms with Gasteiger partial charge in [0.15, 0.2) is 10.6 Å². The fraction of sp³-hybridized carbons (Fsp3) is 0.364. The lowest BCUT2D eigenvalue weighted by Crippen LogP contribution is -2.38. The molecule has 0 bridgehead atoms. The number of Topliss-reactive ketones (excluding diaryl/α,β-unsaturated/α-hetero) is 1. The number of aromatic nitrogens is 1. The minimum absolute atomic E-state index is 0. The van der Waals surface area contributed by atoms with Crippen LogP contribution in [0.3, 0.4) is 0 Å². The highest BCUT2D eigenvalue weighted by atomic mass is 35.5. The van der Waals surface area contributed by atoms with Crippen LogP contribution >= 0.6 is 47.8 Å². The van der Waals surface area contributed by atoms with E-state index in [1.54, 1.807) is 11.3 Å². The number of rotatable bonds is 6. The molecule has 1 aliphatic rings. The third-order valence-electron chi connectivity index (χ3n) is 5.86. The van der Waals surface area contributed by atoms with Crippen LogP contribution in [0, 0.1) is 5.92 Å². The van der Waals surface area contributed by atoms with Gasteiger partial charge in [-0.3, -0.25) is 14.7 Å². The molecule has 0 unspecified atom stereocenters. The number of sulfonamides is 1. The van der Waals surface area contributed by atoms with Gasteiger partial charge in [0.2, 0.25) is 10.0 Å². The number of thiazole rings is 1. The van der Waals surface area contributed by atoms with Crippen molar-refractivity contribution in [2.24, 2.45) is 16.0 Å². The number of likely N-dealkylation sites (tertiary alicyclic amines) is 1. The van der Waals surface area contributed by atoms with Crippen molar-refractivity contribution in [3.8, 4) is 0 Å². The molecule has 1 saturated heterocycles. The first-order valence-electron chi connectivity index (χ1n) is 10.3. The molecule has 2 aromatic carbocycles. The van der Waals surface area contributed by atoms with Crippen molar-refractivity contribution in [1.29, 1.82) is 0 Å². The second-order valence-corrected chi connectivity index (χ2v) is 11.0. The summed E-state index contributed by atoms with van der Waals surface area (Å²) in [4.78, 5) is 20.2. The number of hydrogen-bond acceptors (Lipinski definition) is 6. The molecule has 0 aliphatic carbocycles. The number of hydrogen-bond donors (Lipinski definition) is 1. The molecule has 3 aromatic rings. The van der Waals surface area contributed by atoms with E-state index in [1.807, 2.05) is 19.2 Å². The van der Waals surface area contributed by atoms with Crippen molar-refractivity contribution in [3.05, 3.63) is 57.9 Å². The lowest BCUT2D eigenvalue weighted by molar-refractivity contribution is 0.0890. The SMILES string of the molecule is CN=c1sc2cc(Cl)ccc2n1CC1CCN(CC(=O)c2ccc(S(N)(=O)=O)cc2)CC1.Cl.Cl. The largest absolute Gasteiger partial charge is 0.316 e. The topological polar surface area (TPSA) is 97.8 Å². The summed E-state index contributed by atoms with van der Waals surface area (Å²) in [5.41, 5.74) is 1.65. The van der Waals surface area contributed by atoms with Crippen LogP contribution in [-0.4, -0.2) is 50.3 Å². The van der Waals surface area contributed by atoms with Crippen LogP contribution in [0.1, 0.15) is 23.2 Å². The molecule has 1 aromatic heterocycles. The number of primary sulfonamides is 1. The molecule has 1 fully saturated rings. The third kappa shape index (κ3) is 6.60. The molecule has 2 heterocycles. The van der Waals surface area contributed by atoms with Gasteiger partial charge in [-0.2, -0.15) is 0 Å². The van der Waals surface area contributed by atoms with Crippen molar-refractivity contribution in [3.63, 3.8) is 0 Å². The summed E-state index contributed by atoms with van der Waals surface area (Å²) < 4.78 is 26.2. The fourth-order valence-corrected chi connectivity index (χ4v) is 5.89. The van der Waals surface area contributed by atoms with E-state index in [0.29, 0.717) is 18.0 Å². The first-order valence-corrected chi connectivity index (χ1v) is 13.1. The molecule has 0 spiro atoms. The lowest BCUT2D eigenvalue weighted by atomic mass is 9.96. The van der Waals surface area contributed by atoms with E-state index < -0.39 is 10.0 Å². The van der Waals surface area contributed by atoms with E-state index in [-0.39, 0.29) is 35.5 Å².